The van der Waals surface area contributed by atoms with Gasteiger partial charge in [-0.25, -0.2) is 16.8 Å². The van der Waals surface area contributed by atoms with Crippen molar-refractivity contribution in [2.24, 2.45) is 0 Å². The minimum atomic E-state index is -5.53. The third-order valence-electron chi connectivity index (χ3n) is 21.6. The number of halogens is 6. The zero-order chi connectivity index (χ0) is 95.5. The van der Waals surface area contributed by atoms with Gasteiger partial charge in [-0.1, -0.05) is 395 Å². The van der Waals surface area contributed by atoms with Crippen molar-refractivity contribution in [3.05, 3.63) is 475 Å². The highest BCUT2D eigenvalue weighted by molar-refractivity contribution is 7.91. The number of aryl methyl sites for hydroxylation is 18. The van der Waals surface area contributed by atoms with Crippen LogP contribution >= 0.6 is 0 Å². The lowest BCUT2D eigenvalue weighted by molar-refractivity contribution is -0.288. The molecular formula is C117H122F6O5S2. The molecular weight excluding hydrogens is 1660 g/mol. The second-order valence-corrected chi connectivity index (χ2v) is 38.5. The Morgan fingerprint density at radius 2 is 0.446 bits per heavy atom. The summed E-state index contributed by atoms with van der Waals surface area (Å²) in [6.07, 6.45) is -11.1. The number of hydrogen-bond acceptors (Lipinski definition) is 5. The van der Waals surface area contributed by atoms with Gasteiger partial charge in [0.1, 0.15) is 11.5 Å². The largest absolute Gasteiger partial charge is 0.457 e. The molecule has 0 spiro atoms. The molecule has 130 heavy (non-hydrogen) atoms. The van der Waals surface area contributed by atoms with E-state index in [-0.39, 0.29) is 5.41 Å². The van der Waals surface area contributed by atoms with Crippen LogP contribution in [0.2, 0.25) is 0 Å². The summed E-state index contributed by atoms with van der Waals surface area (Å²) in [5, 5.41) is 5.41. The van der Waals surface area contributed by atoms with Gasteiger partial charge in [0.25, 0.3) is 0 Å². The van der Waals surface area contributed by atoms with Gasteiger partial charge in [-0.3, -0.25) is 0 Å². The molecule has 0 heterocycles. The minimum Gasteiger partial charge on any atom is -0.457 e. The van der Waals surface area contributed by atoms with Gasteiger partial charge in [0.2, 0.25) is 25.1 Å². The Morgan fingerprint density at radius 3 is 0.692 bits per heavy atom. The van der Waals surface area contributed by atoms with E-state index in [1.54, 1.807) is 111 Å². The smallest absolute Gasteiger partial charge is 0.411 e. The number of alkyl halides is 6. The Morgan fingerprint density at radius 1 is 0.215 bits per heavy atom. The zero-order valence-corrected chi connectivity index (χ0v) is 80.3. The normalized spacial score (nSPS) is 11.2. The topological polar surface area (TPSA) is 77.5 Å². The van der Waals surface area contributed by atoms with E-state index in [0.717, 1.165) is 58.0 Å². The Hall–Kier alpha value is -12.7. The van der Waals surface area contributed by atoms with E-state index >= 15 is 0 Å². The fourth-order valence-electron chi connectivity index (χ4n) is 13.9. The average Bonchev–Trinajstić information content (AvgIpc) is 0.715. The predicted octanol–water partition coefficient (Wildman–Crippen LogP) is 32.9. The molecule has 13 heteroatoms. The fourth-order valence-corrected chi connectivity index (χ4v) is 16.4. The van der Waals surface area contributed by atoms with E-state index < -0.39 is 48.6 Å². The van der Waals surface area contributed by atoms with Crippen molar-refractivity contribution < 1.29 is 47.9 Å². The molecule has 0 saturated carbocycles. The predicted molar refractivity (Wildman–Crippen MR) is 532 cm³/mol. The van der Waals surface area contributed by atoms with Gasteiger partial charge >= 0.3 is 12.4 Å². The van der Waals surface area contributed by atoms with Crippen LogP contribution in [0.1, 0.15) is 138 Å². The standard InChI is InChI=1S/C17H14F6.2C14H14O2S.C14H14O.C14H14.2C12H12.C12H18.C8H10/c1-11-3-7-13(8-4-11)15(16(18,19)20,17(21,22)23)14-9-5-12(2)6-10-14;2*1-11-3-7-13(8-4-11)17(15,16)14-9-5-12(2)6-10-14;1-11-3-7-13(8-4-11)15-14-9-5-12(2)6-10-14;1-11-3-7-13(8-4-11)14-9-5-12(2)6-10-14;1-9-3-5-12-8-10(2)4-6-11(12)7-9;1-9-7-8-10(2)12-6-4-3-5-11(9)12;1-9-6-10(2)8-11(7-9)12(3,4)5;1-7-4-3-5-8(2)6-7/h3-10H,1-2H3;2*3-10H,1-2H3;3-10H,1-2H3;3-10H,1-2H3;2*3-8H,1-2H3;6-8H,1-5H3;3-6H,1-2H3. The summed E-state index contributed by atoms with van der Waals surface area (Å²) in [4.78, 5) is 1.36. The van der Waals surface area contributed by atoms with E-state index in [2.05, 4.69) is 268 Å². The monoisotopic (exact) mass is 1780 g/mol. The Kier molecular flexibility index (Phi) is 36.8. The van der Waals surface area contributed by atoms with Gasteiger partial charge < -0.3 is 4.74 Å². The van der Waals surface area contributed by atoms with Crippen molar-refractivity contribution in [2.45, 2.75) is 188 Å². The van der Waals surface area contributed by atoms with Gasteiger partial charge in [-0.05, 0) is 263 Å². The van der Waals surface area contributed by atoms with Crippen LogP contribution in [0.5, 0.6) is 11.5 Å². The van der Waals surface area contributed by atoms with Gasteiger partial charge in [0.05, 0.1) is 19.6 Å². The van der Waals surface area contributed by atoms with Gasteiger partial charge in [0.15, 0.2) is 0 Å². The van der Waals surface area contributed by atoms with Crippen molar-refractivity contribution in [2.75, 3.05) is 0 Å². The van der Waals surface area contributed by atoms with Crippen LogP contribution in [0.25, 0.3) is 32.7 Å². The molecule has 0 radical (unpaired) electrons. The molecule has 16 aromatic carbocycles. The molecule has 0 aromatic heterocycles. The zero-order valence-electron chi connectivity index (χ0n) is 78.7. The molecule has 0 atom stereocenters. The van der Waals surface area contributed by atoms with Crippen LogP contribution in [0.3, 0.4) is 0 Å². The maximum Gasteiger partial charge on any atom is 0.411 e. The maximum absolute atomic E-state index is 13.7. The molecule has 0 amide bonds. The summed E-state index contributed by atoms with van der Waals surface area (Å²) < 4.78 is 137. The first-order valence-electron chi connectivity index (χ1n) is 43.3. The highest BCUT2D eigenvalue weighted by Gasteiger charge is 2.72. The van der Waals surface area contributed by atoms with Gasteiger partial charge in [0, 0.05) is 0 Å². The average molecular weight is 1790 g/mol. The first kappa shape index (κ1) is 103. The fraction of sp³-hybridized carbons (Fsp3) is 0.214. The van der Waals surface area contributed by atoms with Crippen LogP contribution in [-0.2, 0) is 30.5 Å². The quantitative estimate of drug-likeness (QED) is 0.135. The maximum atomic E-state index is 13.7. The number of sulfone groups is 2. The number of rotatable bonds is 9. The number of fused-ring (bicyclic) bond motifs is 2. The van der Waals surface area contributed by atoms with Crippen LogP contribution in [0.4, 0.5) is 26.3 Å². The van der Waals surface area contributed by atoms with Crippen molar-refractivity contribution in [1.29, 1.82) is 0 Å². The first-order valence-corrected chi connectivity index (χ1v) is 46.2. The molecule has 0 N–H and O–H groups in total. The number of benzene rings is 16. The van der Waals surface area contributed by atoms with Crippen LogP contribution in [0.15, 0.2) is 377 Å². The molecule has 16 aromatic rings. The highest BCUT2D eigenvalue weighted by Crippen LogP contribution is 2.56. The third-order valence-corrected chi connectivity index (χ3v) is 25.2. The van der Waals surface area contributed by atoms with Gasteiger partial charge in [-0.2, -0.15) is 26.3 Å². The molecule has 5 nitrogen and oxygen atoms in total. The van der Waals surface area contributed by atoms with E-state index in [1.165, 1.54) is 129 Å². The molecule has 0 aliphatic rings. The van der Waals surface area contributed by atoms with Crippen molar-refractivity contribution >= 4 is 41.2 Å². The summed E-state index contributed by atoms with van der Waals surface area (Å²) in [7, 11) is -6.74. The van der Waals surface area contributed by atoms with E-state index in [0.29, 0.717) is 30.7 Å². The van der Waals surface area contributed by atoms with E-state index in [4.69, 9.17) is 4.74 Å². The molecule has 0 fully saturated rings. The van der Waals surface area contributed by atoms with Crippen molar-refractivity contribution in [3.8, 4) is 22.6 Å². The highest BCUT2D eigenvalue weighted by atomic mass is 32.2. The molecule has 674 valence electrons. The summed E-state index contributed by atoms with van der Waals surface area (Å²) in [5.41, 5.74) is 19.8. The number of hydrogen-bond donors (Lipinski definition) is 0. The van der Waals surface area contributed by atoms with Crippen molar-refractivity contribution in [3.63, 3.8) is 0 Å². The molecule has 0 aliphatic heterocycles. The van der Waals surface area contributed by atoms with E-state index in [1.807, 2.05) is 76.2 Å². The molecule has 0 unspecified atom stereocenters. The minimum absolute atomic E-state index is 0.275. The Balaban J connectivity index is 0.000000183. The molecule has 0 saturated heterocycles. The van der Waals surface area contributed by atoms with Crippen molar-refractivity contribution in [1.82, 2.24) is 0 Å². The summed E-state index contributed by atoms with van der Waals surface area (Å²) in [6.45, 7) is 43.1. The molecule has 16 rings (SSSR count). The Labute approximate surface area is 769 Å². The summed E-state index contributed by atoms with van der Waals surface area (Å²) >= 11 is 0. The van der Waals surface area contributed by atoms with Gasteiger partial charge in [-0.15, -0.1) is 0 Å². The number of ether oxygens (including phenoxy) is 1. The first-order chi connectivity index (χ1) is 61.2. The lowest BCUT2D eigenvalue weighted by Gasteiger charge is -2.38. The second kappa shape index (κ2) is 46.5. The summed E-state index contributed by atoms with van der Waals surface area (Å²) in [6, 6.07) is 111. The third kappa shape index (κ3) is 30.2. The van der Waals surface area contributed by atoms with Crippen LogP contribution in [-0.4, -0.2) is 29.2 Å². The molecule has 0 aliphatic carbocycles. The van der Waals surface area contributed by atoms with E-state index in [9.17, 15) is 43.2 Å². The Bertz CT molecular complexity index is 6030. The SMILES string of the molecule is Cc1cc(C)cc(C(C)(C)C)c1.Cc1ccc(-c2ccc(C)cc2)cc1.Cc1ccc(C(c2ccc(C)cc2)(C(F)(F)F)C(F)(F)F)cc1.Cc1ccc(C)c2ccccc12.Cc1ccc(Oc2ccc(C)cc2)cc1.Cc1ccc(S(=O)(=O)c2ccc(C)cc2)cc1.Cc1ccc(S(=O)(=O)c2ccc(C)cc2)cc1.Cc1ccc2cc(C)ccc2c1.Cc1cccc(C)c1. The lowest BCUT2D eigenvalue weighted by atomic mass is 9.72. The van der Waals surface area contributed by atoms with Crippen LogP contribution < -0.4 is 4.74 Å². The summed E-state index contributed by atoms with van der Waals surface area (Å²) in [5.74, 6) is 1.76. The van der Waals surface area contributed by atoms with Crippen LogP contribution in [0, 0.1) is 125 Å². The molecule has 0 bridgehead atoms. The lowest BCUT2D eigenvalue weighted by Crippen LogP contribution is -2.54. The second-order valence-electron chi connectivity index (χ2n) is 34.6.